The van der Waals surface area contributed by atoms with E-state index >= 15 is 0 Å². The number of hydrogen-bond acceptors (Lipinski definition) is 3. The first-order valence-corrected chi connectivity index (χ1v) is 7.47. The maximum Gasteiger partial charge on any atom is 0.329 e. The number of ether oxygens (including phenoxy) is 1. The van der Waals surface area contributed by atoms with Crippen LogP contribution in [0.3, 0.4) is 0 Å². The SMILES string of the molecule is COCCC(C)n1c(=O)[nH]c(Cl)c(C2CCCC2)c1=O. The monoisotopic (exact) mass is 300 g/mol. The van der Waals surface area contributed by atoms with Gasteiger partial charge in [0.2, 0.25) is 0 Å². The van der Waals surface area contributed by atoms with E-state index < -0.39 is 5.69 Å². The van der Waals surface area contributed by atoms with Crippen LogP contribution in [-0.4, -0.2) is 23.3 Å². The minimum absolute atomic E-state index is 0.174. The van der Waals surface area contributed by atoms with Crippen LogP contribution in [0.1, 0.15) is 56.6 Å². The number of aromatic amines is 1. The highest BCUT2D eigenvalue weighted by molar-refractivity contribution is 6.30. The molecule has 0 aromatic carbocycles. The van der Waals surface area contributed by atoms with E-state index in [1.807, 2.05) is 6.92 Å². The molecule has 1 saturated carbocycles. The normalized spacial score (nSPS) is 17.6. The summed E-state index contributed by atoms with van der Waals surface area (Å²) >= 11 is 6.10. The van der Waals surface area contributed by atoms with E-state index in [4.69, 9.17) is 16.3 Å². The summed E-state index contributed by atoms with van der Waals surface area (Å²) in [6, 6.07) is -0.205. The minimum Gasteiger partial charge on any atom is -0.385 e. The average molecular weight is 301 g/mol. The molecule has 1 aliphatic rings. The fourth-order valence-corrected chi connectivity index (χ4v) is 3.24. The second-order valence-corrected chi connectivity index (χ2v) is 5.82. The summed E-state index contributed by atoms with van der Waals surface area (Å²) in [6.45, 7) is 2.36. The van der Waals surface area contributed by atoms with Crippen LogP contribution >= 0.6 is 11.6 Å². The highest BCUT2D eigenvalue weighted by atomic mass is 35.5. The summed E-state index contributed by atoms with van der Waals surface area (Å²) < 4.78 is 6.29. The van der Waals surface area contributed by atoms with E-state index in [9.17, 15) is 9.59 Å². The third-order valence-corrected chi connectivity index (χ3v) is 4.36. The summed E-state index contributed by atoms with van der Waals surface area (Å²) in [6.07, 6.45) is 4.77. The Labute approximate surface area is 122 Å². The Kier molecular flexibility index (Phi) is 5.05. The van der Waals surface area contributed by atoms with Gasteiger partial charge in [0.05, 0.1) is 5.56 Å². The maximum absolute atomic E-state index is 12.6. The van der Waals surface area contributed by atoms with Crippen LogP contribution in [0.4, 0.5) is 0 Å². The minimum atomic E-state index is -0.439. The highest BCUT2D eigenvalue weighted by Gasteiger charge is 2.26. The molecule has 0 aliphatic heterocycles. The molecule has 5 nitrogen and oxygen atoms in total. The lowest BCUT2D eigenvalue weighted by molar-refractivity contribution is 0.179. The lowest BCUT2D eigenvalue weighted by Crippen LogP contribution is -2.40. The Hall–Kier alpha value is -1.07. The predicted octanol–water partition coefficient (Wildman–Crippen LogP) is 2.45. The number of nitrogens with one attached hydrogen (secondary N) is 1. The molecule has 20 heavy (non-hydrogen) atoms. The van der Waals surface area contributed by atoms with Crippen molar-refractivity contribution in [1.82, 2.24) is 9.55 Å². The van der Waals surface area contributed by atoms with Gasteiger partial charge in [-0.2, -0.15) is 0 Å². The van der Waals surface area contributed by atoms with Gasteiger partial charge in [0, 0.05) is 19.8 Å². The molecule has 0 saturated heterocycles. The topological polar surface area (TPSA) is 64.1 Å². The number of aromatic nitrogens is 2. The van der Waals surface area contributed by atoms with Gasteiger partial charge in [0.1, 0.15) is 5.15 Å². The number of rotatable bonds is 5. The molecule has 112 valence electrons. The van der Waals surface area contributed by atoms with Crippen molar-refractivity contribution in [3.63, 3.8) is 0 Å². The van der Waals surface area contributed by atoms with Gasteiger partial charge in [-0.1, -0.05) is 24.4 Å². The summed E-state index contributed by atoms with van der Waals surface area (Å²) in [5.74, 6) is 0.174. The van der Waals surface area contributed by atoms with Crippen LogP contribution in [0.15, 0.2) is 9.59 Å². The van der Waals surface area contributed by atoms with Crippen LogP contribution in [0, 0.1) is 0 Å². The number of halogens is 1. The molecule has 1 aliphatic carbocycles. The molecule has 6 heteroatoms. The first-order valence-electron chi connectivity index (χ1n) is 7.09. The molecule has 1 N–H and O–H groups in total. The Morgan fingerprint density at radius 3 is 2.65 bits per heavy atom. The zero-order valence-corrected chi connectivity index (χ0v) is 12.7. The van der Waals surface area contributed by atoms with Gasteiger partial charge in [0.15, 0.2) is 0 Å². The van der Waals surface area contributed by atoms with Gasteiger partial charge in [-0.3, -0.25) is 14.3 Å². The van der Waals surface area contributed by atoms with Gasteiger partial charge < -0.3 is 4.74 Å². The molecular weight excluding hydrogens is 280 g/mol. The van der Waals surface area contributed by atoms with Crippen molar-refractivity contribution in [1.29, 1.82) is 0 Å². The van der Waals surface area contributed by atoms with Crippen LogP contribution in [0.25, 0.3) is 0 Å². The number of methoxy groups -OCH3 is 1. The number of nitrogens with zero attached hydrogens (tertiary/aromatic N) is 1. The van der Waals surface area contributed by atoms with Gasteiger partial charge in [-0.05, 0) is 32.1 Å². The lowest BCUT2D eigenvalue weighted by Gasteiger charge is -2.17. The first-order chi connectivity index (χ1) is 9.56. The van der Waals surface area contributed by atoms with Gasteiger partial charge >= 0.3 is 5.69 Å². The molecule has 0 bridgehead atoms. The van der Waals surface area contributed by atoms with Crippen molar-refractivity contribution < 1.29 is 4.74 Å². The third kappa shape index (κ3) is 2.99. The van der Waals surface area contributed by atoms with Crippen molar-refractivity contribution in [2.24, 2.45) is 0 Å². The largest absolute Gasteiger partial charge is 0.385 e. The zero-order valence-electron chi connectivity index (χ0n) is 11.9. The quantitative estimate of drug-likeness (QED) is 0.850. The lowest BCUT2D eigenvalue weighted by atomic mass is 10.0. The smallest absolute Gasteiger partial charge is 0.329 e. The Balaban J connectivity index is 2.44. The second kappa shape index (κ2) is 6.59. The molecule has 1 heterocycles. The van der Waals surface area contributed by atoms with Crippen molar-refractivity contribution >= 4 is 11.6 Å². The molecule has 1 aromatic rings. The van der Waals surface area contributed by atoms with Crippen LogP contribution in [0.5, 0.6) is 0 Å². The van der Waals surface area contributed by atoms with Crippen LogP contribution in [0.2, 0.25) is 5.15 Å². The molecule has 1 fully saturated rings. The number of H-pyrrole nitrogens is 1. The van der Waals surface area contributed by atoms with Gasteiger partial charge in [-0.25, -0.2) is 4.79 Å². The van der Waals surface area contributed by atoms with Crippen molar-refractivity contribution in [3.05, 3.63) is 31.6 Å². The summed E-state index contributed by atoms with van der Waals surface area (Å²) in [5, 5.41) is 0.210. The molecule has 1 aromatic heterocycles. The predicted molar refractivity (Wildman–Crippen MR) is 78.7 cm³/mol. The Morgan fingerprint density at radius 2 is 2.05 bits per heavy atom. The fraction of sp³-hybridized carbons (Fsp3) is 0.714. The van der Waals surface area contributed by atoms with E-state index in [1.165, 1.54) is 4.57 Å². The second-order valence-electron chi connectivity index (χ2n) is 5.44. The molecule has 0 spiro atoms. The van der Waals surface area contributed by atoms with E-state index in [1.54, 1.807) is 7.11 Å². The first kappa shape index (κ1) is 15.3. The molecule has 2 rings (SSSR count). The van der Waals surface area contributed by atoms with Gasteiger partial charge in [-0.15, -0.1) is 0 Å². The van der Waals surface area contributed by atoms with Crippen LogP contribution in [-0.2, 0) is 4.74 Å². The van der Waals surface area contributed by atoms with Gasteiger partial charge in [0.25, 0.3) is 5.56 Å². The van der Waals surface area contributed by atoms with Crippen LogP contribution < -0.4 is 11.2 Å². The summed E-state index contributed by atoms with van der Waals surface area (Å²) in [7, 11) is 1.60. The van der Waals surface area contributed by atoms with E-state index in [0.29, 0.717) is 18.6 Å². The number of hydrogen-bond donors (Lipinski definition) is 1. The Bertz CT molecular complexity index is 573. The fourth-order valence-electron chi connectivity index (χ4n) is 2.92. The van der Waals surface area contributed by atoms with E-state index in [2.05, 4.69) is 4.98 Å². The van der Waals surface area contributed by atoms with Crippen molar-refractivity contribution in [2.45, 2.75) is 51.0 Å². The molecular formula is C14H21ClN2O3. The standard InChI is InChI=1S/C14H21ClN2O3/c1-9(7-8-20-2)17-13(18)11(10-5-3-4-6-10)12(15)16-14(17)19/h9-10H,3-8H2,1-2H3,(H,16,19). The molecule has 1 unspecified atom stereocenters. The van der Waals surface area contributed by atoms with E-state index in [-0.39, 0.29) is 22.7 Å². The summed E-state index contributed by atoms with van der Waals surface area (Å²) in [5.41, 5.74) is -0.104. The third-order valence-electron chi connectivity index (χ3n) is 4.07. The van der Waals surface area contributed by atoms with Crippen molar-refractivity contribution in [2.75, 3.05) is 13.7 Å². The zero-order chi connectivity index (χ0) is 14.7. The average Bonchev–Trinajstić information content (AvgIpc) is 2.89. The van der Waals surface area contributed by atoms with E-state index in [0.717, 1.165) is 25.7 Å². The Morgan fingerprint density at radius 1 is 1.40 bits per heavy atom. The maximum atomic E-state index is 12.6. The highest BCUT2D eigenvalue weighted by Crippen LogP contribution is 2.34. The molecule has 0 radical (unpaired) electrons. The molecule has 0 amide bonds. The molecule has 1 atom stereocenters. The van der Waals surface area contributed by atoms with Crippen molar-refractivity contribution in [3.8, 4) is 0 Å². The summed E-state index contributed by atoms with van der Waals surface area (Å²) in [4.78, 5) is 27.2.